The van der Waals surface area contributed by atoms with E-state index in [4.69, 9.17) is 4.74 Å². The summed E-state index contributed by atoms with van der Waals surface area (Å²) in [7, 11) is 1.53. The van der Waals surface area contributed by atoms with E-state index in [0.29, 0.717) is 27.3 Å². The Hall–Kier alpha value is -2.62. The zero-order chi connectivity index (χ0) is 16.8. The number of ether oxygens (including phenoxy) is 1. The number of hydrogen-bond donors (Lipinski definition) is 0. The second-order valence-electron chi connectivity index (χ2n) is 6.65. The molecule has 0 fully saturated rings. The molecule has 0 saturated carbocycles. The summed E-state index contributed by atoms with van der Waals surface area (Å²) in [4.78, 5) is 12.8. The van der Waals surface area contributed by atoms with Crippen molar-refractivity contribution >= 4 is 17.2 Å². The van der Waals surface area contributed by atoms with Crippen LogP contribution in [0.1, 0.15) is 42.3 Å². The highest BCUT2D eigenvalue weighted by Crippen LogP contribution is 2.34. The molecule has 0 unspecified atom stereocenters. The van der Waals surface area contributed by atoms with Crippen LogP contribution < -0.4 is 4.74 Å². The number of Topliss-reactive ketones (excluding diaryl/α,β-unsaturated/α-hetero) is 1. The van der Waals surface area contributed by atoms with Gasteiger partial charge in [0, 0.05) is 6.07 Å². The maximum atomic E-state index is 12.8. The fourth-order valence-electron chi connectivity index (χ4n) is 2.77. The summed E-state index contributed by atoms with van der Waals surface area (Å²) in [6.07, 6.45) is 0. The van der Waals surface area contributed by atoms with Crippen LogP contribution in [0.25, 0.3) is 0 Å². The van der Waals surface area contributed by atoms with Gasteiger partial charge < -0.3 is 9.94 Å². The van der Waals surface area contributed by atoms with Gasteiger partial charge in [-0.15, -0.1) is 0 Å². The van der Waals surface area contributed by atoms with Gasteiger partial charge in [0.15, 0.2) is 0 Å². The van der Waals surface area contributed by atoms with Crippen molar-refractivity contribution in [1.29, 1.82) is 0 Å². The molecular formula is C19H19NO3. The summed E-state index contributed by atoms with van der Waals surface area (Å²) in [5.74, 6) is 0.256. The van der Waals surface area contributed by atoms with E-state index in [2.05, 4.69) is 20.8 Å². The molecule has 4 nitrogen and oxygen atoms in total. The molecule has 4 heteroatoms. The SMILES string of the molecule is COc1ccccc1C1=[N+]([O-])c2ccc(C(C)(C)C)cc2C1=O. The highest BCUT2D eigenvalue weighted by molar-refractivity contribution is 6.52. The molecule has 0 aromatic heterocycles. The zero-order valence-corrected chi connectivity index (χ0v) is 13.7. The first-order chi connectivity index (χ1) is 10.8. The molecule has 23 heavy (non-hydrogen) atoms. The second-order valence-corrected chi connectivity index (χ2v) is 6.65. The lowest BCUT2D eigenvalue weighted by Crippen LogP contribution is -2.18. The lowest BCUT2D eigenvalue weighted by atomic mass is 9.85. The van der Waals surface area contributed by atoms with Crippen LogP contribution in [-0.4, -0.2) is 23.3 Å². The summed E-state index contributed by atoms with van der Waals surface area (Å²) in [6.45, 7) is 6.23. The number of fused-ring (bicyclic) bond motifs is 1. The molecule has 0 N–H and O–H groups in total. The Morgan fingerprint density at radius 1 is 1.04 bits per heavy atom. The number of hydrogen-bond acceptors (Lipinski definition) is 3. The van der Waals surface area contributed by atoms with E-state index >= 15 is 0 Å². The third kappa shape index (κ3) is 2.40. The van der Waals surface area contributed by atoms with E-state index < -0.39 is 0 Å². The van der Waals surface area contributed by atoms with Crippen LogP contribution in [0.2, 0.25) is 0 Å². The first kappa shape index (κ1) is 15.3. The predicted octanol–water partition coefficient (Wildman–Crippen LogP) is 3.82. The Balaban J connectivity index is 2.16. The average molecular weight is 309 g/mol. The Labute approximate surface area is 135 Å². The molecule has 0 spiro atoms. The van der Waals surface area contributed by atoms with Crippen LogP contribution in [0.15, 0.2) is 42.5 Å². The molecule has 0 saturated heterocycles. The van der Waals surface area contributed by atoms with Crippen LogP contribution in [0.5, 0.6) is 5.75 Å². The molecule has 1 aliphatic rings. The number of methoxy groups -OCH3 is 1. The van der Waals surface area contributed by atoms with Gasteiger partial charge in [-0.1, -0.05) is 39.0 Å². The van der Waals surface area contributed by atoms with Gasteiger partial charge in [-0.2, -0.15) is 4.74 Å². The Morgan fingerprint density at radius 2 is 1.74 bits per heavy atom. The van der Waals surface area contributed by atoms with Crippen LogP contribution >= 0.6 is 0 Å². The normalized spacial score (nSPS) is 14.2. The van der Waals surface area contributed by atoms with Crippen LogP contribution in [0.3, 0.4) is 0 Å². The van der Waals surface area contributed by atoms with Gasteiger partial charge in [0.2, 0.25) is 5.69 Å². The van der Waals surface area contributed by atoms with Crippen LogP contribution in [-0.2, 0) is 5.41 Å². The van der Waals surface area contributed by atoms with Crippen molar-refractivity contribution in [2.45, 2.75) is 26.2 Å². The number of carbonyl (C=O) groups excluding carboxylic acids is 1. The number of carbonyl (C=O) groups is 1. The van der Waals surface area contributed by atoms with E-state index in [1.165, 1.54) is 7.11 Å². The van der Waals surface area contributed by atoms with E-state index in [0.717, 1.165) is 5.56 Å². The van der Waals surface area contributed by atoms with Crippen molar-refractivity contribution in [2.24, 2.45) is 0 Å². The summed E-state index contributed by atoms with van der Waals surface area (Å²) in [6, 6.07) is 12.5. The Kier molecular flexibility index (Phi) is 3.48. The molecule has 0 radical (unpaired) electrons. The summed E-state index contributed by atoms with van der Waals surface area (Å²) in [5.41, 5.74) is 2.42. The average Bonchev–Trinajstić information content (AvgIpc) is 2.77. The molecule has 0 aliphatic carbocycles. The van der Waals surface area contributed by atoms with Gasteiger partial charge in [-0.3, -0.25) is 4.79 Å². The number of ketones is 1. The quantitative estimate of drug-likeness (QED) is 0.626. The minimum atomic E-state index is -0.259. The minimum absolute atomic E-state index is 0.0871. The lowest BCUT2D eigenvalue weighted by Gasteiger charge is -2.19. The van der Waals surface area contributed by atoms with Crippen molar-refractivity contribution in [2.75, 3.05) is 7.11 Å². The van der Waals surface area contributed by atoms with E-state index in [1.807, 2.05) is 18.2 Å². The van der Waals surface area contributed by atoms with E-state index in [9.17, 15) is 10.0 Å². The molecule has 0 bridgehead atoms. The summed E-state index contributed by atoms with van der Waals surface area (Å²) < 4.78 is 6.00. The third-order valence-electron chi connectivity index (χ3n) is 4.11. The molecule has 0 amide bonds. The van der Waals surface area contributed by atoms with Crippen molar-refractivity contribution in [1.82, 2.24) is 0 Å². The maximum absolute atomic E-state index is 12.8. The standard InChI is InChI=1S/C19H19NO3/c1-19(2,3)12-9-10-15-14(11-12)18(21)17(20(15)22)13-7-5-6-8-16(13)23-4/h5-11H,1-4H3. The number of benzene rings is 2. The van der Waals surface area contributed by atoms with Crippen molar-refractivity contribution < 1.29 is 14.3 Å². The molecule has 0 atom stereocenters. The Bertz CT molecular complexity index is 829. The molecule has 118 valence electrons. The van der Waals surface area contributed by atoms with Gasteiger partial charge in [0.1, 0.15) is 11.3 Å². The first-order valence-corrected chi connectivity index (χ1v) is 7.51. The largest absolute Gasteiger partial charge is 0.618 e. The predicted molar refractivity (Wildman–Crippen MR) is 89.9 cm³/mol. The number of nitrogens with zero attached hydrogens (tertiary/aromatic N) is 1. The second kappa shape index (κ2) is 5.23. The van der Waals surface area contributed by atoms with Crippen molar-refractivity contribution in [3.8, 4) is 5.75 Å². The van der Waals surface area contributed by atoms with Gasteiger partial charge in [-0.05, 0) is 29.2 Å². The maximum Gasteiger partial charge on any atom is 0.276 e. The van der Waals surface area contributed by atoms with Gasteiger partial charge >= 0.3 is 0 Å². The zero-order valence-electron chi connectivity index (χ0n) is 13.7. The van der Waals surface area contributed by atoms with Crippen molar-refractivity contribution in [3.63, 3.8) is 0 Å². The van der Waals surface area contributed by atoms with Gasteiger partial charge in [0.25, 0.3) is 11.5 Å². The molecule has 2 aromatic rings. The minimum Gasteiger partial charge on any atom is -0.618 e. The molecule has 3 rings (SSSR count). The topological polar surface area (TPSA) is 52.4 Å². The van der Waals surface area contributed by atoms with Crippen molar-refractivity contribution in [3.05, 3.63) is 64.4 Å². The smallest absolute Gasteiger partial charge is 0.276 e. The highest BCUT2D eigenvalue weighted by Gasteiger charge is 2.38. The fourth-order valence-corrected chi connectivity index (χ4v) is 2.77. The fraction of sp³-hybridized carbons (Fsp3) is 0.263. The molecule has 1 aliphatic heterocycles. The molecular weight excluding hydrogens is 290 g/mol. The number of para-hydroxylation sites is 1. The van der Waals surface area contributed by atoms with Crippen LogP contribution in [0, 0.1) is 5.21 Å². The van der Waals surface area contributed by atoms with Gasteiger partial charge in [-0.25, -0.2) is 0 Å². The highest BCUT2D eigenvalue weighted by atomic mass is 16.5. The Morgan fingerprint density at radius 3 is 2.39 bits per heavy atom. The first-order valence-electron chi connectivity index (χ1n) is 7.51. The monoisotopic (exact) mass is 309 g/mol. The number of rotatable bonds is 2. The van der Waals surface area contributed by atoms with E-state index in [-0.39, 0.29) is 16.9 Å². The van der Waals surface area contributed by atoms with Crippen LogP contribution in [0.4, 0.5) is 5.69 Å². The summed E-state index contributed by atoms with van der Waals surface area (Å²) >= 11 is 0. The molecule has 1 heterocycles. The summed E-state index contributed by atoms with van der Waals surface area (Å²) in [5, 5.41) is 12.6. The lowest BCUT2D eigenvalue weighted by molar-refractivity contribution is -0.355. The third-order valence-corrected chi connectivity index (χ3v) is 4.11. The van der Waals surface area contributed by atoms with E-state index in [1.54, 1.807) is 24.3 Å². The molecule has 2 aromatic carbocycles. The van der Waals surface area contributed by atoms with Gasteiger partial charge in [0.05, 0.1) is 12.7 Å².